The number of rotatable bonds is 8. The molecule has 204 valence electrons. The molecule has 2 aromatic rings. The van der Waals surface area contributed by atoms with Gasteiger partial charge in [-0.3, -0.25) is 29.4 Å². The predicted molar refractivity (Wildman–Crippen MR) is 145 cm³/mol. The lowest BCUT2D eigenvalue weighted by molar-refractivity contribution is -0.384. The van der Waals surface area contributed by atoms with Crippen molar-refractivity contribution in [2.45, 2.75) is 6.92 Å². The zero-order chi connectivity index (χ0) is 28.1. The third-order valence-electron chi connectivity index (χ3n) is 5.78. The Labute approximate surface area is 232 Å². The van der Waals surface area contributed by atoms with E-state index in [1.807, 2.05) is 4.90 Å². The van der Waals surface area contributed by atoms with Gasteiger partial charge in [0.15, 0.2) is 0 Å². The quantitative estimate of drug-likeness (QED) is 0.213. The van der Waals surface area contributed by atoms with Crippen molar-refractivity contribution in [3.63, 3.8) is 0 Å². The smallest absolute Gasteiger partial charge is 0.339 e. The van der Waals surface area contributed by atoms with Crippen LogP contribution in [0.25, 0.3) is 6.08 Å². The van der Waals surface area contributed by atoms with Crippen LogP contribution in [0.4, 0.5) is 21.9 Å². The van der Waals surface area contributed by atoms with Crippen LogP contribution >= 0.6 is 23.4 Å². The number of imide groups is 1. The maximum absolute atomic E-state index is 13.1. The number of nitrogens with zero attached hydrogens (tertiary/aromatic N) is 3. The molecule has 2 aromatic carbocycles. The van der Waals surface area contributed by atoms with Crippen LogP contribution in [0, 0.1) is 10.1 Å². The summed E-state index contributed by atoms with van der Waals surface area (Å²) in [4.78, 5) is 64.0. The van der Waals surface area contributed by atoms with E-state index in [9.17, 15) is 29.3 Å². The van der Waals surface area contributed by atoms with E-state index in [-0.39, 0.29) is 33.5 Å². The molecule has 2 fully saturated rings. The summed E-state index contributed by atoms with van der Waals surface area (Å²) in [6.07, 6.45) is 1.42. The Balaban J connectivity index is 1.52. The van der Waals surface area contributed by atoms with Gasteiger partial charge in [0.05, 0.1) is 40.2 Å². The van der Waals surface area contributed by atoms with Crippen molar-refractivity contribution in [1.82, 2.24) is 4.90 Å². The number of nitro groups is 1. The maximum Gasteiger partial charge on any atom is 0.339 e. The van der Waals surface area contributed by atoms with Crippen molar-refractivity contribution in [1.29, 1.82) is 0 Å². The van der Waals surface area contributed by atoms with Crippen LogP contribution in [0.1, 0.15) is 22.8 Å². The van der Waals surface area contributed by atoms with Gasteiger partial charge in [-0.25, -0.2) is 4.79 Å². The van der Waals surface area contributed by atoms with E-state index in [1.165, 1.54) is 36.4 Å². The molecule has 4 rings (SSSR count). The van der Waals surface area contributed by atoms with Gasteiger partial charge < -0.3 is 19.7 Å². The Kier molecular flexibility index (Phi) is 8.84. The first-order valence-corrected chi connectivity index (χ1v) is 13.0. The van der Waals surface area contributed by atoms with E-state index >= 15 is 0 Å². The molecule has 2 aliphatic heterocycles. The highest BCUT2D eigenvalue weighted by atomic mass is 35.5. The lowest BCUT2D eigenvalue weighted by Gasteiger charge is -2.30. The van der Waals surface area contributed by atoms with Crippen LogP contribution in [0.2, 0.25) is 5.02 Å². The Bertz CT molecular complexity index is 1380. The van der Waals surface area contributed by atoms with Crippen LogP contribution in [0.3, 0.4) is 0 Å². The second kappa shape index (κ2) is 12.3. The molecule has 2 saturated heterocycles. The molecule has 39 heavy (non-hydrogen) atoms. The molecule has 1 N–H and O–H groups in total. The largest absolute Gasteiger partial charge is 0.462 e. The summed E-state index contributed by atoms with van der Waals surface area (Å²) in [7, 11) is 0. The Hall–Kier alpha value is -3.94. The first-order valence-electron chi connectivity index (χ1n) is 11.8. The van der Waals surface area contributed by atoms with Crippen molar-refractivity contribution >= 4 is 69.5 Å². The number of non-ortho nitro benzene ring substituents is 1. The highest BCUT2D eigenvalue weighted by Crippen LogP contribution is 2.35. The first-order chi connectivity index (χ1) is 18.7. The molecular formula is C25H23ClN4O8S. The van der Waals surface area contributed by atoms with Gasteiger partial charge in [0.25, 0.3) is 16.8 Å². The van der Waals surface area contributed by atoms with Gasteiger partial charge in [-0.05, 0) is 49.0 Å². The van der Waals surface area contributed by atoms with Gasteiger partial charge >= 0.3 is 5.97 Å². The molecule has 14 heteroatoms. The number of anilines is 2. The van der Waals surface area contributed by atoms with Gasteiger partial charge in [-0.2, -0.15) is 0 Å². The third kappa shape index (κ3) is 6.56. The summed E-state index contributed by atoms with van der Waals surface area (Å²) >= 11 is 6.68. The number of carbonyl (C=O) groups is 4. The number of halogens is 1. The highest BCUT2D eigenvalue weighted by Gasteiger charge is 2.36. The van der Waals surface area contributed by atoms with E-state index in [2.05, 4.69) is 5.32 Å². The normalized spacial score (nSPS) is 16.5. The minimum Gasteiger partial charge on any atom is -0.462 e. The van der Waals surface area contributed by atoms with E-state index in [4.69, 9.17) is 21.1 Å². The van der Waals surface area contributed by atoms with Gasteiger partial charge in [0.2, 0.25) is 5.91 Å². The number of carbonyl (C=O) groups excluding carboxylic acids is 4. The van der Waals surface area contributed by atoms with Gasteiger partial charge in [0.1, 0.15) is 6.54 Å². The van der Waals surface area contributed by atoms with Crippen LogP contribution < -0.4 is 10.2 Å². The fourth-order valence-electron chi connectivity index (χ4n) is 3.95. The summed E-state index contributed by atoms with van der Waals surface area (Å²) < 4.78 is 10.3. The highest BCUT2D eigenvalue weighted by molar-refractivity contribution is 8.18. The molecule has 0 radical (unpaired) electrons. The lowest BCUT2D eigenvalue weighted by atomic mass is 10.1. The fourth-order valence-corrected chi connectivity index (χ4v) is 4.98. The van der Waals surface area contributed by atoms with Crippen LogP contribution in [-0.4, -0.2) is 72.3 Å². The summed E-state index contributed by atoms with van der Waals surface area (Å²) in [6.45, 7) is 3.29. The van der Waals surface area contributed by atoms with Crippen LogP contribution in [0.5, 0.6) is 0 Å². The Morgan fingerprint density at radius 1 is 1.21 bits per heavy atom. The number of ether oxygens (including phenoxy) is 2. The van der Waals surface area contributed by atoms with Crippen molar-refractivity contribution < 1.29 is 33.6 Å². The average Bonchev–Trinajstić information content (AvgIpc) is 3.17. The second-order valence-corrected chi connectivity index (χ2v) is 9.73. The summed E-state index contributed by atoms with van der Waals surface area (Å²) in [5.74, 6) is -2.05. The molecule has 0 aliphatic carbocycles. The molecule has 2 heterocycles. The monoisotopic (exact) mass is 574 g/mol. The van der Waals surface area contributed by atoms with E-state index in [0.717, 1.165) is 4.90 Å². The Morgan fingerprint density at radius 3 is 2.64 bits per heavy atom. The average molecular weight is 575 g/mol. The number of morpholine rings is 1. The van der Waals surface area contributed by atoms with Crippen molar-refractivity contribution in [2.24, 2.45) is 0 Å². The van der Waals surface area contributed by atoms with E-state index < -0.39 is 34.5 Å². The fraction of sp³-hybridized carbons (Fsp3) is 0.280. The molecule has 2 aliphatic rings. The maximum atomic E-state index is 13.1. The number of nitrogens with one attached hydrogen (secondary N) is 1. The minimum atomic E-state index is -0.706. The van der Waals surface area contributed by atoms with Gasteiger partial charge in [-0.15, -0.1) is 0 Å². The minimum absolute atomic E-state index is 0.0268. The third-order valence-corrected chi connectivity index (χ3v) is 7.02. The summed E-state index contributed by atoms with van der Waals surface area (Å²) in [5, 5.41) is 13.4. The molecule has 0 unspecified atom stereocenters. The molecule has 0 spiro atoms. The number of hydrogen-bond acceptors (Lipinski definition) is 10. The van der Waals surface area contributed by atoms with Crippen molar-refractivity contribution in [3.05, 3.63) is 67.6 Å². The number of esters is 1. The zero-order valence-electron chi connectivity index (χ0n) is 20.7. The lowest BCUT2D eigenvalue weighted by Crippen LogP contribution is -2.36. The molecule has 0 saturated carbocycles. The number of hydrogen-bond donors (Lipinski definition) is 1. The standard InChI is InChI=1S/C25H23ClN4O8S/c1-2-38-24(33)18-13-16(3-5-19(18)26)27-22(31)14-29-23(32)21(39-25(29)34)12-15-11-17(30(35)36)4-6-20(15)28-7-9-37-10-8-28/h3-6,11-13H,2,7-10,14H2,1H3,(H,27,31)/b21-12-. The zero-order valence-corrected chi connectivity index (χ0v) is 22.3. The number of benzene rings is 2. The predicted octanol–water partition coefficient (Wildman–Crippen LogP) is 3.94. The second-order valence-electron chi connectivity index (χ2n) is 8.33. The number of amides is 3. The number of nitro benzene ring substituents is 1. The molecule has 0 aromatic heterocycles. The first kappa shape index (κ1) is 28.1. The molecule has 12 nitrogen and oxygen atoms in total. The Morgan fingerprint density at radius 2 is 1.95 bits per heavy atom. The SMILES string of the molecule is CCOC(=O)c1cc(NC(=O)CN2C(=O)S/C(=C\c3cc([N+](=O)[O-])ccc3N3CCOCC3)C2=O)ccc1Cl. The molecule has 3 amide bonds. The van der Waals surface area contributed by atoms with Crippen molar-refractivity contribution in [3.8, 4) is 0 Å². The summed E-state index contributed by atoms with van der Waals surface area (Å²) in [5.41, 5.74) is 1.17. The van der Waals surface area contributed by atoms with Gasteiger partial charge in [-0.1, -0.05) is 11.6 Å². The van der Waals surface area contributed by atoms with Crippen LogP contribution in [-0.2, 0) is 19.1 Å². The van der Waals surface area contributed by atoms with Crippen molar-refractivity contribution in [2.75, 3.05) is 49.7 Å². The van der Waals surface area contributed by atoms with Gasteiger partial charge in [0, 0.05) is 42.2 Å². The molecule has 0 bridgehead atoms. The van der Waals surface area contributed by atoms with E-state index in [0.29, 0.717) is 49.3 Å². The summed E-state index contributed by atoms with van der Waals surface area (Å²) in [6, 6.07) is 8.53. The molecular weight excluding hydrogens is 552 g/mol. The number of thioether (sulfide) groups is 1. The van der Waals surface area contributed by atoms with E-state index in [1.54, 1.807) is 13.0 Å². The molecule has 0 atom stereocenters. The van der Waals surface area contributed by atoms with Crippen LogP contribution in [0.15, 0.2) is 41.3 Å². The topological polar surface area (TPSA) is 148 Å².